The van der Waals surface area contributed by atoms with Crippen LogP contribution in [0.15, 0.2) is 6.07 Å². The van der Waals surface area contributed by atoms with Gasteiger partial charge in [-0.25, -0.2) is 4.79 Å². The van der Waals surface area contributed by atoms with Crippen LogP contribution >= 0.6 is 11.3 Å². The first-order valence-corrected chi connectivity index (χ1v) is 9.93. The molecule has 134 valence electrons. The van der Waals surface area contributed by atoms with E-state index in [1.165, 1.54) is 10.4 Å². The number of nitrogens with one attached hydrogen (secondary N) is 1. The third-order valence-electron chi connectivity index (χ3n) is 4.96. The van der Waals surface area contributed by atoms with Gasteiger partial charge < -0.3 is 19.9 Å². The normalized spacial score (nSPS) is 19.4. The van der Waals surface area contributed by atoms with Crippen LogP contribution in [0.4, 0.5) is 4.79 Å². The minimum absolute atomic E-state index is 0.0417. The first kappa shape index (κ1) is 17.5. The Bertz CT molecular complexity index is 565. The second-order valence-corrected chi connectivity index (χ2v) is 8.07. The van der Waals surface area contributed by atoms with Crippen LogP contribution < -0.4 is 10.1 Å². The maximum absolute atomic E-state index is 12.0. The lowest BCUT2D eigenvalue weighted by atomic mass is 10.1. The molecule has 1 aromatic heterocycles. The predicted molar refractivity (Wildman–Crippen MR) is 97.9 cm³/mol. The van der Waals surface area contributed by atoms with E-state index in [1.54, 1.807) is 11.3 Å². The zero-order chi connectivity index (χ0) is 17.1. The molecule has 3 rings (SSSR count). The molecule has 1 fully saturated rings. The molecule has 5 nitrogen and oxygen atoms in total. The molecule has 2 aliphatic heterocycles. The number of piperidine rings is 1. The number of nitrogens with zero attached hydrogens (tertiary/aromatic N) is 2. The van der Waals surface area contributed by atoms with Crippen molar-refractivity contribution >= 4 is 17.4 Å². The van der Waals surface area contributed by atoms with Gasteiger partial charge in [0.2, 0.25) is 0 Å². The molecule has 24 heavy (non-hydrogen) atoms. The molecule has 6 heteroatoms. The van der Waals surface area contributed by atoms with Crippen LogP contribution in [-0.2, 0) is 13.0 Å². The van der Waals surface area contributed by atoms with Gasteiger partial charge in [-0.2, -0.15) is 0 Å². The standard InChI is InChI=1S/C18H29N3O2S/c1-4-19-18(22)21-8-5-14-11-17(24-16(14)12-21)23-15-6-9-20(10-7-15)13(2)3/h11,13,15H,4-10,12H2,1-3H3,(H,19,22). The summed E-state index contributed by atoms with van der Waals surface area (Å²) in [6.07, 6.45) is 3.47. The first-order valence-electron chi connectivity index (χ1n) is 9.12. The van der Waals surface area contributed by atoms with Gasteiger partial charge >= 0.3 is 6.03 Å². The van der Waals surface area contributed by atoms with E-state index in [2.05, 4.69) is 30.1 Å². The fourth-order valence-electron chi connectivity index (χ4n) is 3.46. The molecule has 3 heterocycles. The van der Waals surface area contributed by atoms with Gasteiger partial charge in [0, 0.05) is 37.1 Å². The van der Waals surface area contributed by atoms with Crippen molar-refractivity contribution in [1.82, 2.24) is 15.1 Å². The number of fused-ring (bicyclic) bond motifs is 1. The van der Waals surface area contributed by atoms with Gasteiger partial charge in [0.25, 0.3) is 0 Å². The summed E-state index contributed by atoms with van der Waals surface area (Å²) in [6, 6.07) is 2.87. The third-order valence-corrected chi connectivity index (χ3v) is 6.02. The van der Waals surface area contributed by atoms with Crippen LogP contribution in [0, 0.1) is 0 Å². The summed E-state index contributed by atoms with van der Waals surface area (Å²) in [5.41, 5.74) is 1.36. The van der Waals surface area contributed by atoms with Crippen molar-refractivity contribution in [2.75, 3.05) is 26.2 Å². The largest absolute Gasteiger partial charge is 0.481 e. The van der Waals surface area contributed by atoms with E-state index in [0.717, 1.165) is 44.0 Å². The van der Waals surface area contributed by atoms with E-state index in [1.807, 2.05) is 11.8 Å². The fraction of sp³-hybridized carbons (Fsp3) is 0.722. The Morgan fingerprint density at radius 1 is 1.38 bits per heavy atom. The number of ether oxygens (including phenoxy) is 1. The number of carbonyl (C=O) groups excluding carboxylic acids is 1. The lowest BCUT2D eigenvalue weighted by Gasteiger charge is -2.34. The molecule has 2 amide bonds. The molecular formula is C18H29N3O2S. The highest BCUT2D eigenvalue weighted by Gasteiger charge is 2.25. The van der Waals surface area contributed by atoms with Gasteiger partial charge in [0.15, 0.2) is 5.06 Å². The Kier molecular flexibility index (Phi) is 5.66. The Balaban J connectivity index is 1.55. The third kappa shape index (κ3) is 4.03. The molecule has 0 saturated carbocycles. The molecule has 0 unspecified atom stereocenters. The van der Waals surface area contributed by atoms with Crippen molar-refractivity contribution < 1.29 is 9.53 Å². The molecule has 0 bridgehead atoms. The minimum Gasteiger partial charge on any atom is -0.481 e. The van der Waals surface area contributed by atoms with Crippen molar-refractivity contribution in [3.8, 4) is 5.06 Å². The average Bonchev–Trinajstić information content (AvgIpc) is 2.96. The highest BCUT2D eigenvalue weighted by atomic mass is 32.1. The van der Waals surface area contributed by atoms with Crippen LogP contribution in [0.25, 0.3) is 0 Å². The molecule has 2 aliphatic rings. The quantitative estimate of drug-likeness (QED) is 0.907. The zero-order valence-electron chi connectivity index (χ0n) is 15.0. The Labute approximate surface area is 149 Å². The summed E-state index contributed by atoms with van der Waals surface area (Å²) in [6.45, 7) is 10.9. The Hall–Kier alpha value is -1.27. The van der Waals surface area contributed by atoms with E-state index < -0.39 is 0 Å². The van der Waals surface area contributed by atoms with Gasteiger partial charge in [-0.05, 0) is 51.7 Å². The van der Waals surface area contributed by atoms with E-state index in [4.69, 9.17) is 4.74 Å². The van der Waals surface area contributed by atoms with Crippen molar-refractivity contribution in [3.05, 3.63) is 16.5 Å². The zero-order valence-corrected chi connectivity index (χ0v) is 15.8. The maximum atomic E-state index is 12.0. The van der Waals surface area contributed by atoms with Crippen LogP contribution in [0.2, 0.25) is 0 Å². The molecule has 1 N–H and O–H groups in total. The van der Waals surface area contributed by atoms with Crippen LogP contribution in [0.1, 0.15) is 44.1 Å². The smallest absolute Gasteiger partial charge is 0.317 e. The topological polar surface area (TPSA) is 44.8 Å². The second kappa shape index (κ2) is 7.74. The van der Waals surface area contributed by atoms with Gasteiger partial charge in [-0.15, -0.1) is 11.3 Å². The summed E-state index contributed by atoms with van der Waals surface area (Å²) in [4.78, 5) is 17.7. The summed E-state index contributed by atoms with van der Waals surface area (Å²) < 4.78 is 6.25. The maximum Gasteiger partial charge on any atom is 0.317 e. The molecule has 0 spiro atoms. The lowest BCUT2D eigenvalue weighted by Crippen LogP contribution is -2.42. The van der Waals surface area contributed by atoms with Crippen LogP contribution in [0.3, 0.4) is 0 Å². The summed E-state index contributed by atoms with van der Waals surface area (Å²) in [5.74, 6) is 0. The van der Waals surface area contributed by atoms with Crippen molar-refractivity contribution in [1.29, 1.82) is 0 Å². The number of hydrogen-bond donors (Lipinski definition) is 1. The van der Waals surface area contributed by atoms with Gasteiger partial charge in [-0.3, -0.25) is 0 Å². The van der Waals surface area contributed by atoms with Crippen molar-refractivity contribution in [2.45, 2.75) is 58.7 Å². The van der Waals surface area contributed by atoms with Crippen LogP contribution in [0.5, 0.6) is 5.06 Å². The number of carbonyl (C=O) groups is 1. The van der Waals surface area contributed by atoms with E-state index in [0.29, 0.717) is 25.2 Å². The number of hydrogen-bond acceptors (Lipinski definition) is 4. The summed E-state index contributed by atoms with van der Waals surface area (Å²) in [5, 5.41) is 3.92. The monoisotopic (exact) mass is 351 g/mol. The second-order valence-electron chi connectivity index (χ2n) is 6.97. The predicted octanol–water partition coefficient (Wildman–Crippen LogP) is 3.09. The number of amides is 2. The SMILES string of the molecule is CCNC(=O)N1CCc2cc(OC3CCN(C(C)C)CC3)sc2C1. The highest BCUT2D eigenvalue weighted by molar-refractivity contribution is 7.14. The molecule has 1 aromatic rings. The molecule has 0 radical (unpaired) electrons. The molecular weight excluding hydrogens is 322 g/mol. The van der Waals surface area contributed by atoms with Gasteiger partial charge in [-0.1, -0.05) is 0 Å². The molecule has 0 atom stereocenters. The molecule has 0 aromatic carbocycles. The minimum atomic E-state index is 0.0417. The highest BCUT2D eigenvalue weighted by Crippen LogP contribution is 2.35. The average molecular weight is 352 g/mol. The number of likely N-dealkylation sites (tertiary alicyclic amines) is 1. The van der Waals surface area contributed by atoms with Gasteiger partial charge in [0.05, 0.1) is 6.54 Å². The molecule has 0 aliphatic carbocycles. The summed E-state index contributed by atoms with van der Waals surface area (Å²) in [7, 11) is 0. The van der Waals surface area contributed by atoms with E-state index in [9.17, 15) is 4.79 Å². The molecule has 1 saturated heterocycles. The first-order chi connectivity index (χ1) is 11.6. The van der Waals surface area contributed by atoms with Gasteiger partial charge in [0.1, 0.15) is 6.10 Å². The number of thiophene rings is 1. The van der Waals surface area contributed by atoms with Crippen molar-refractivity contribution in [3.63, 3.8) is 0 Å². The van der Waals surface area contributed by atoms with Crippen LogP contribution in [-0.4, -0.2) is 54.2 Å². The summed E-state index contributed by atoms with van der Waals surface area (Å²) >= 11 is 1.72. The van der Waals surface area contributed by atoms with E-state index in [-0.39, 0.29) is 6.03 Å². The van der Waals surface area contributed by atoms with Crippen molar-refractivity contribution in [2.24, 2.45) is 0 Å². The number of rotatable bonds is 4. The fourth-order valence-corrected chi connectivity index (χ4v) is 4.60. The number of urea groups is 1. The lowest BCUT2D eigenvalue weighted by molar-refractivity contribution is 0.0868. The Morgan fingerprint density at radius 2 is 2.12 bits per heavy atom. The van der Waals surface area contributed by atoms with E-state index >= 15 is 0 Å². The Morgan fingerprint density at radius 3 is 2.79 bits per heavy atom.